The van der Waals surface area contributed by atoms with Gasteiger partial charge in [0.2, 0.25) is 10.9 Å². The summed E-state index contributed by atoms with van der Waals surface area (Å²) in [5, 5.41) is 0. The van der Waals surface area contributed by atoms with Gasteiger partial charge in [-0.25, -0.2) is 8.42 Å². The Morgan fingerprint density at radius 1 is 1.27 bits per heavy atom. The minimum Gasteiger partial charge on any atom is -0.285 e. The topological polar surface area (TPSA) is 46.2 Å². The number of rotatable bonds is 3. The summed E-state index contributed by atoms with van der Waals surface area (Å²) in [5.74, 6) is 0.312. The normalized spacial score (nSPS) is 10.2. The first-order chi connectivity index (χ1) is 6.52. The quantitative estimate of drug-likeness (QED) is 0.619. The fourth-order valence-corrected chi connectivity index (χ4v) is 1.90. The minimum absolute atomic E-state index is 0. The van der Waals surface area contributed by atoms with Gasteiger partial charge in [0.05, 0.1) is 5.69 Å². The summed E-state index contributed by atoms with van der Waals surface area (Å²) in [4.78, 5) is 0. The van der Waals surface area contributed by atoms with E-state index in [1.165, 1.54) is 0 Å². The van der Waals surface area contributed by atoms with Gasteiger partial charge in [0, 0.05) is 29.6 Å². The molecule has 0 fully saturated rings. The molecule has 0 aliphatic heterocycles. The summed E-state index contributed by atoms with van der Waals surface area (Å²) < 4.78 is 23.7. The molecule has 0 saturated heterocycles. The zero-order valence-electron chi connectivity index (χ0n) is 9.57. The molecule has 0 aliphatic rings. The molecule has 1 radical (unpaired) electrons. The smallest absolute Gasteiger partial charge is 0.222 e. The zero-order chi connectivity index (χ0) is 10.7. The molecule has 1 aromatic carbocycles. The van der Waals surface area contributed by atoms with Crippen molar-refractivity contribution in [3.05, 3.63) is 29.3 Å². The molecule has 3 nitrogen and oxygen atoms in total. The number of hydrogen-bond donors (Lipinski definition) is 2. The monoisotopic (exact) mass is 236 g/mol. The second kappa shape index (κ2) is 6.53. The van der Waals surface area contributed by atoms with Crippen LogP contribution in [0.3, 0.4) is 0 Å². The molecule has 1 N–H and O–H groups in total. The van der Waals surface area contributed by atoms with Gasteiger partial charge in [-0.1, -0.05) is 32.0 Å². The van der Waals surface area contributed by atoms with Gasteiger partial charge >= 0.3 is 0 Å². The standard InChI is InChI=1S/C10H15NO2S.Na/c1-7(2)9-6-4-5-8(3)10(9)11-14(12)13;/h4-7,14H,1-3H3,(H,11,12,13);. The Balaban J connectivity index is 0.00000196. The average molecular weight is 236 g/mol. The van der Waals surface area contributed by atoms with Crippen LogP contribution in [0.5, 0.6) is 0 Å². The predicted molar refractivity (Wildman–Crippen MR) is 65.0 cm³/mol. The molecule has 79 valence electrons. The summed E-state index contributed by atoms with van der Waals surface area (Å²) in [6, 6.07) is 5.78. The van der Waals surface area contributed by atoms with Gasteiger partial charge in [-0.2, -0.15) is 0 Å². The van der Waals surface area contributed by atoms with Crippen LogP contribution in [0.25, 0.3) is 0 Å². The largest absolute Gasteiger partial charge is 0.285 e. The number of para-hydroxylation sites is 1. The van der Waals surface area contributed by atoms with Crippen LogP contribution >= 0.6 is 0 Å². The van der Waals surface area contributed by atoms with E-state index in [1.54, 1.807) is 0 Å². The minimum atomic E-state index is -2.58. The van der Waals surface area contributed by atoms with E-state index in [0.29, 0.717) is 5.92 Å². The molecule has 0 amide bonds. The summed E-state index contributed by atoms with van der Waals surface area (Å²) in [7, 11) is -2.58. The van der Waals surface area contributed by atoms with Crippen LogP contribution in [0.1, 0.15) is 30.9 Å². The number of thiol groups is 1. The van der Waals surface area contributed by atoms with Crippen LogP contribution in [-0.4, -0.2) is 38.0 Å². The van der Waals surface area contributed by atoms with Crippen molar-refractivity contribution in [1.82, 2.24) is 0 Å². The summed E-state index contributed by atoms with van der Waals surface area (Å²) >= 11 is 0. The third kappa shape index (κ3) is 4.15. The molecule has 0 aliphatic carbocycles. The van der Waals surface area contributed by atoms with Crippen molar-refractivity contribution >= 4 is 46.1 Å². The van der Waals surface area contributed by atoms with Crippen molar-refractivity contribution in [2.75, 3.05) is 4.72 Å². The molecule has 0 aromatic heterocycles. The molecule has 1 rings (SSSR count). The molecule has 1 aromatic rings. The number of aryl methyl sites for hydroxylation is 1. The van der Waals surface area contributed by atoms with Crippen molar-refractivity contribution in [2.24, 2.45) is 0 Å². The van der Waals surface area contributed by atoms with Gasteiger partial charge < -0.3 is 0 Å². The Morgan fingerprint density at radius 2 is 1.87 bits per heavy atom. The second-order valence-corrected chi connectivity index (χ2v) is 4.30. The van der Waals surface area contributed by atoms with Crippen molar-refractivity contribution in [2.45, 2.75) is 26.7 Å². The van der Waals surface area contributed by atoms with Gasteiger partial charge in [-0.3, -0.25) is 4.72 Å². The van der Waals surface area contributed by atoms with Crippen LogP contribution in [0, 0.1) is 6.92 Å². The van der Waals surface area contributed by atoms with E-state index >= 15 is 0 Å². The zero-order valence-corrected chi connectivity index (χ0v) is 12.5. The predicted octanol–water partition coefficient (Wildman–Crippen LogP) is 1.68. The molecule has 0 saturated carbocycles. The van der Waals surface area contributed by atoms with Crippen LogP contribution < -0.4 is 4.72 Å². The van der Waals surface area contributed by atoms with Crippen molar-refractivity contribution in [3.63, 3.8) is 0 Å². The van der Waals surface area contributed by atoms with Gasteiger partial charge in [0.15, 0.2) is 0 Å². The van der Waals surface area contributed by atoms with E-state index in [4.69, 9.17) is 0 Å². The summed E-state index contributed by atoms with van der Waals surface area (Å²) in [5.41, 5.74) is 2.71. The molecule has 0 atom stereocenters. The number of nitrogens with one attached hydrogen (secondary N) is 1. The van der Waals surface area contributed by atoms with Crippen LogP contribution in [-0.2, 0) is 10.9 Å². The van der Waals surface area contributed by atoms with E-state index in [0.717, 1.165) is 16.8 Å². The third-order valence-corrected chi connectivity index (χ3v) is 2.54. The first-order valence-corrected chi connectivity index (χ1v) is 5.70. The Kier molecular flexibility index (Phi) is 6.52. The van der Waals surface area contributed by atoms with Crippen LogP contribution in [0.4, 0.5) is 5.69 Å². The molecule has 5 heteroatoms. The first-order valence-electron chi connectivity index (χ1n) is 4.53. The first kappa shape index (κ1) is 15.0. The van der Waals surface area contributed by atoms with Gasteiger partial charge in [0.1, 0.15) is 0 Å². The number of hydrogen-bond acceptors (Lipinski definition) is 2. The molecular formula is C10H15NNaO2S. The SMILES string of the molecule is Cc1cccc(C(C)C)c1N[SH](=O)=O.[Na]. The van der Waals surface area contributed by atoms with Gasteiger partial charge in [-0.05, 0) is 24.0 Å². The maximum Gasteiger partial charge on any atom is 0.222 e. The fraction of sp³-hybridized carbons (Fsp3) is 0.400. The van der Waals surface area contributed by atoms with Crippen molar-refractivity contribution in [1.29, 1.82) is 0 Å². The van der Waals surface area contributed by atoms with Crippen molar-refractivity contribution in [3.8, 4) is 0 Å². The molecule has 15 heavy (non-hydrogen) atoms. The number of anilines is 1. The van der Waals surface area contributed by atoms with E-state index in [1.807, 2.05) is 39.0 Å². The molecule has 0 unspecified atom stereocenters. The summed E-state index contributed by atoms with van der Waals surface area (Å²) in [6.45, 7) is 5.97. The average Bonchev–Trinajstić information content (AvgIpc) is 2.07. The van der Waals surface area contributed by atoms with Crippen LogP contribution in [0.2, 0.25) is 0 Å². The van der Waals surface area contributed by atoms with Crippen LogP contribution in [0.15, 0.2) is 18.2 Å². The second-order valence-electron chi connectivity index (χ2n) is 3.56. The van der Waals surface area contributed by atoms with Gasteiger partial charge in [0.25, 0.3) is 0 Å². The summed E-state index contributed by atoms with van der Waals surface area (Å²) in [6.07, 6.45) is 0. The molecule has 0 heterocycles. The molecular weight excluding hydrogens is 221 g/mol. The Hall–Kier alpha value is -0.0300. The maximum absolute atomic E-state index is 10.6. The third-order valence-electron chi connectivity index (χ3n) is 2.13. The van der Waals surface area contributed by atoms with E-state index < -0.39 is 10.9 Å². The van der Waals surface area contributed by atoms with E-state index in [2.05, 4.69) is 4.72 Å². The Morgan fingerprint density at radius 3 is 2.33 bits per heavy atom. The van der Waals surface area contributed by atoms with Crippen molar-refractivity contribution < 1.29 is 8.42 Å². The fourth-order valence-electron chi connectivity index (χ4n) is 1.42. The van der Waals surface area contributed by atoms with E-state index in [9.17, 15) is 8.42 Å². The van der Waals surface area contributed by atoms with Gasteiger partial charge in [-0.15, -0.1) is 0 Å². The number of benzene rings is 1. The van der Waals surface area contributed by atoms with E-state index in [-0.39, 0.29) is 29.6 Å². The molecule has 0 spiro atoms. The maximum atomic E-state index is 10.6. The Bertz CT molecular complexity index is 394. The molecule has 0 bridgehead atoms. The Labute approximate surface area is 115 Å².